The monoisotopic (exact) mass is 414 g/mol. The van der Waals surface area contributed by atoms with Crippen molar-refractivity contribution < 1.29 is 9.15 Å². The van der Waals surface area contributed by atoms with Gasteiger partial charge in [-0.15, -0.1) is 0 Å². The van der Waals surface area contributed by atoms with Crippen LogP contribution in [0, 0.1) is 0 Å². The summed E-state index contributed by atoms with van der Waals surface area (Å²) in [6, 6.07) is 9.61. The first kappa shape index (κ1) is 16.1. The molecule has 1 aliphatic carbocycles. The SMILES string of the molecule is C[C@@H]1C[C@@H]2c3c(cc(Br)cc3[C@@H](N)[C@@]2(N)c2ccc3oc(N)nc3c2)O1. The number of oxazole rings is 1. The van der Waals surface area contributed by atoms with Crippen LogP contribution in [0.3, 0.4) is 0 Å². The van der Waals surface area contributed by atoms with Crippen molar-refractivity contribution in [3.63, 3.8) is 0 Å². The summed E-state index contributed by atoms with van der Waals surface area (Å²) < 4.78 is 12.4. The highest BCUT2D eigenvalue weighted by Crippen LogP contribution is 2.58. The van der Waals surface area contributed by atoms with E-state index < -0.39 is 5.54 Å². The Morgan fingerprint density at radius 2 is 2.08 bits per heavy atom. The molecule has 0 fully saturated rings. The molecule has 6 N–H and O–H groups in total. The first-order valence-electron chi connectivity index (χ1n) is 8.59. The number of nitrogens with zero attached hydrogens (tertiary/aromatic N) is 1. The summed E-state index contributed by atoms with van der Waals surface area (Å²) in [6.07, 6.45) is 0.875. The molecule has 134 valence electrons. The number of nitrogens with two attached hydrogens (primary N) is 3. The molecule has 3 aromatic rings. The van der Waals surface area contributed by atoms with Crippen molar-refractivity contribution in [3.05, 3.63) is 51.5 Å². The van der Waals surface area contributed by atoms with E-state index in [2.05, 4.69) is 33.9 Å². The Bertz CT molecular complexity index is 1050. The van der Waals surface area contributed by atoms with Gasteiger partial charge in [0.1, 0.15) is 11.3 Å². The summed E-state index contributed by atoms with van der Waals surface area (Å²) in [4.78, 5) is 4.24. The molecule has 0 spiro atoms. The molecule has 5 rings (SSSR count). The van der Waals surface area contributed by atoms with Crippen LogP contribution in [0.25, 0.3) is 11.1 Å². The second kappa shape index (κ2) is 5.22. The van der Waals surface area contributed by atoms with E-state index in [1.165, 1.54) is 0 Å². The molecule has 0 unspecified atom stereocenters. The number of rotatable bonds is 1. The largest absolute Gasteiger partial charge is 0.490 e. The Morgan fingerprint density at radius 3 is 2.88 bits per heavy atom. The smallest absolute Gasteiger partial charge is 0.292 e. The van der Waals surface area contributed by atoms with E-state index in [0.717, 1.165) is 33.3 Å². The molecule has 0 saturated carbocycles. The lowest BCUT2D eigenvalue weighted by Crippen LogP contribution is -2.48. The van der Waals surface area contributed by atoms with Gasteiger partial charge in [-0.3, -0.25) is 0 Å². The van der Waals surface area contributed by atoms with Gasteiger partial charge in [0.15, 0.2) is 5.58 Å². The Morgan fingerprint density at radius 1 is 1.27 bits per heavy atom. The van der Waals surface area contributed by atoms with E-state index in [-0.39, 0.29) is 24.1 Å². The number of halogens is 1. The van der Waals surface area contributed by atoms with E-state index in [4.69, 9.17) is 26.4 Å². The third-order valence-electron chi connectivity index (χ3n) is 5.71. The van der Waals surface area contributed by atoms with Crippen LogP contribution in [0.15, 0.2) is 39.2 Å². The Kier molecular flexibility index (Phi) is 3.23. The standard InChI is InChI=1S/C19H19BrN4O2/c1-8-4-12-16-11(6-10(20)7-15(16)25-8)17(21)19(12,23)9-2-3-14-13(5-9)24-18(22)26-14/h2-3,5-8,12,17H,4,21,23H2,1H3,(H2,22,24)/t8-,12-,17-,19-/m1/s1. The molecule has 1 aromatic heterocycles. The zero-order valence-corrected chi connectivity index (χ0v) is 15.8. The normalized spacial score (nSPS) is 29.6. The van der Waals surface area contributed by atoms with Crippen LogP contribution >= 0.6 is 15.9 Å². The average molecular weight is 415 g/mol. The van der Waals surface area contributed by atoms with E-state index in [1.807, 2.05) is 24.3 Å². The van der Waals surface area contributed by atoms with Crippen molar-refractivity contribution in [3.8, 4) is 5.75 Å². The molecular formula is C19H19BrN4O2. The number of hydrogen-bond donors (Lipinski definition) is 3. The fourth-order valence-corrected chi connectivity index (χ4v) is 5.01. The molecule has 2 aromatic carbocycles. The van der Waals surface area contributed by atoms with E-state index in [0.29, 0.717) is 11.1 Å². The fourth-order valence-electron chi connectivity index (χ4n) is 4.56. The van der Waals surface area contributed by atoms with Crippen molar-refractivity contribution in [2.75, 3.05) is 5.73 Å². The third kappa shape index (κ3) is 2.02. The van der Waals surface area contributed by atoms with Crippen LogP contribution in [0.5, 0.6) is 5.75 Å². The van der Waals surface area contributed by atoms with E-state index in [1.54, 1.807) is 0 Å². The van der Waals surface area contributed by atoms with Gasteiger partial charge in [-0.1, -0.05) is 22.0 Å². The van der Waals surface area contributed by atoms with Crippen LogP contribution in [0.1, 0.15) is 42.0 Å². The van der Waals surface area contributed by atoms with Gasteiger partial charge in [-0.2, -0.15) is 4.98 Å². The molecule has 6 nitrogen and oxygen atoms in total. The molecule has 0 radical (unpaired) electrons. The molecule has 2 heterocycles. The first-order chi connectivity index (χ1) is 12.4. The number of aromatic nitrogens is 1. The highest BCUT2D eigenvalue weighted by Gasteiger charge is 2.53. The van der Waals surface area contributed by atoms with Crippen LogP contribution in [0.2, 0.25) is 0 Å². The number of ether oxygens (including phenoxy) is 1. The molecule has 1 aliphatic heterocycles. The van der Waals surface area contributed by atoms with Gasteiger partial charge in [-0.05, 0) is 48.7 Å². The summed E-state index contributed by atoms with van der Waals surface area (Å²) in [6.45, 7) is 2.06. The number of hydrogen-bond acceptors (Lipinski definition) is 6. The Labute approximate surface area is 158 Å². The van der Waals surface area contributed by atoms with Crippen molar-refractivity contribution in [1.29, 1.82) is 0 Å². The van der Waals surface area contributed by atoms with Crippen LogP contribution in [-0.2, 0) is 5.54 Å². The second-order valence-electron chi connectivity index (χ2n) is 7.27. The highest BCUT2D eigenvalue weighted by molar-refractivity contribution is 9.10. The highest BCUT2D eigenvalue weighted by atomic mass is 79.9. The lowest BCUT2D eigenvalue weighted by molar-refractivity contribution is 0.150. The predicted molar refractivity (Wildman–Crippen MR) is 103 cm³/mol. The van der Waals surface area contributed by atoms with Crippen LogP contribution < -0.4 is 21.9 Å². The van der Waals surface area contributed by atoms with Gasteiger partial charge in [0.2, 0.25) is 0 Å². The topological polar surface area (TPSA) is 113 Å². The van der Waals surface area contributed by atoms with Gasteiger partial charge >= 0.3 is 0 Å². The Hall–Kier alpha value is -2.09. The molecular weight excluding hydrogens is 396 g/mol. The minimum Gasteiger partial charge on any atom is -0.490 e. The molecule has 0 bridgehead atoms. The Balaban J connectivity index is 1.73. The summed E-state index contributed by atoms with van der Waals surface area (Å²) in [5, 5.41) is 0. The maximum absolute atomic E-state index is 7.06. The van der Waals surface area contributed by atoms with Crippen molar-refractivity contribution >= 4 is 33.0 Å². The number of nitrogen functional groups attached to an aromatic ring is 1. The molecule has 0 amide bonds. The second-order valence-corrected chi connectivity index (χ2v) is 8.18. The van der Waals surface area contributed by atoms with Crippen LogP contribution in [-0.4, -0.2) is 11.1 Å². The maximum atomic E-state index is 7.06. The van der Waals surface area contributed by atoms with Crippen LogP contribution in [0.4, 0.5) is 6.01 Å². The predicted octanol–water partition coefficient (Wildman–Crippen LogP) is 3.29. The first-order valence-corrected chi connectivity index (χ1v) is 9.38. The summed E-state index contributed by atoms with van der Waals surface area (Å²) in [7, 11) is 0. The van der Waals surface area contributed by atoms with Gasteiger partial charge in [0.25, 0.3) is 6.01 Å². The molecule has 0 saturated heterocycles. The quantitative estimate of drug-likeness (QED) is 0.562. The molecule has 26 heavy (non-hydrogen) atoms. The number of benzene rings is 2. The average Bonchev–Trinajstić information content (AvgIpc) is 3.06. The van der Waals surface area contributed by atoms with E-state index >= 15 is 0 Å². The number of fused-ring (bicyclic) bond motifs is 1. The van der Waals surface area contributed by atoms with E-state index in [9.17, 15) is 0 Å². The lowest BCUT2D eigenvalue weighted by atomic mass is 9.74. The fraction of sp³-hybridized carbons (Fsp3) is 0.316. The summed E-state index contributed by atoms with van der Waals surface area (Å²) in [5.41, 5.74) is 23.1. The van der Waals surface area contributed by atoms with Crippen molar-refractivity contribution in [1.82, 2.24) is 4.98 Å². The van der Waals surface area contributed by atoms with Gasteiger partial charge in [-0.25, -0.2) is 0 Å². The van der Waals surface area contributed by atoms with Gasteiger partial charge in [0.05, 0.1) is 17.7 Å². The zero-order valence-electron chi connectivity index (χ0n) is 14.2. The van der Waals surface area contributed by atoms with Crippen molar-refractivity contribution in [2.24, 2.45) is 11.5 Å². The number of anilines is 1. The minimum atomic E-state index is -0.752. The van der Waals surface area contributed by atoms with Gasteiger partial charge < -0.3 is 26.4 Å². The third-order valence-corrected chi connectivity index (χ3v) is 6.17. The molecule has 2 aliphatic rings. The molecule has 4 atom stereocenters. The molecule has 7 heteroatoms. The zero-order chi connectivity index (χ0) is 18.2. The summed E-state index contributed by atoms with van der Waals surface area (Å²) >= 11 is 3.56. The lowest BCUT2D eigenvalue weighted by Gasteiger charge is -2.39. The minimum absolute atomic E-state index is 0.0642. The maximum Gasteiger partial charge on any atom is 0.292 e. The summed E-state index contributed by atoms with van der Waals surface area (Å²) in [5.74, 6) is 0.939. The van der Waals surface area contributed by atoms with Gasteiger partial charge in [0, 0.05) is 16.0 Å². The van der Waals surface area contributed by atoms with Crippen molar-refractivity contribution in [2.45, 2.75) is 36.9 Å².